The first kappa shape index (κ1) is 15.0. The predicted molar refractivity (Wildman–Crippen MR) is 78.1 cm³/mol. The summed E-state index contributed by atoms with van der Waals surface area (Å²) >= 11 is 5.24. The molecule has 0 amide bonds. The maximum Gasteiger partial charge on any atom is 0.124 e. The van der Waals surface area contributed by atoms with Crippen LogP contribution in [0.2, 0.25) is 0 Å². The van der Waals surface area contributed by atoms with Crippen LogP contribution in [0.25, 0.3) is 0 Å². The van der Waals surface area contributed by atoms with Crippen molar-refractivity contribution in [3.05, 3.63) is 34.1 Å². The van der Waals surface area contributed by atoms with Crippen molar-refractivity contribution < 1.29 is 4.39 Å². The molecule has 0 aromatic heterocycles. The molecule has 0 aliphatic heterocycles. The zero-order valence-electron chi connectivity index (χ0n) is 10.7. The van der Waals surface area contributed by atoms with E-state index in [9.17, 15) is 4.39 Å². The van der Waals surface area contributed by atoms with Gasteiger partial charge in [-0.05, 0) is 44.7 Å². The SMILES string of the molecule is CSC(C)(C)CNC(C)c1ccc(F)cc1Br. The molecule has 0 radical (unpaired) electrons. The van der Waals surface area contributed by atoms with Crippen LogP contribution in [0.15, 0.2) is 22.7 Å². The Hall–Kier alpha value is -0.0600. The molecule has 0 saturated heterocycles. The fraction of sp³-hybridized carbons (Fsp3) is 0.538. The smallest absolute Gasteiger partial charge is 0.124 e. The second kappa shape index (κ2) is 6.21. The van der Waals surface area contributed by atoms with E-state index in [1.165, 1.54) is 12.1 Å². The van der Waals surface area contributed by atoms with Crippen molar-refractivity contribution in [2.24, 2.45) is 0 Å². The minimum Gasteiger partial charge on any atom is -0.309 e. The van der Waals surface area contributed by atoms with E-state index in [-0.39, 0.29) is 16.6 Å². The average molecular weight is 320 g/mol. The second-order valence-corrected chi connectivity index (χ2v) is 7.10. The Kier molecular flexibility index (Phi) is 5.48. The van der Waals surface area contributed by atoms with Crippen molar-refractivity contribution in [1.82, 2.24) is 5.32 Å². The number of thioether (sulfide) groups is 1. The highest BCUT2D eigenvalue weighted by atomic mass is 79.9. The topological polar surface area (TPSA) is 12.0 Å². The highest BCUT2D eigenvalue weighted by Crippen LogP contribution is 2.26. The summed E-state index contributed by atoms with van der Waals surface area (Å²) in [5.74, 6) is -0.211. The Morgan fingerprint density at radius 3 is 2.65 bits per heavy atom. The third-order valence-electron chi connectivity index (χ3n) is 2.82. The van der Waals surface area contributed by atoms with Gasteiger partial charge in [0.05, 0.1) is 0 Å². The molecule has 0 aliphatic carbocycles. The van der Waals surface area contributed by atoms with E-state index in [2.05, 4.69) is 48.3 Å². The number of nitrogens with one attached hydrogen (secondary N) is 1. The first-order valence-corrected chi connectivity index (χ1v) is 7.61. The van der Waals surface area contributed by atoms with Crippen LogP contribution in [-0.4, -0.2) is 17.5 Å². The molecule has 1 unspecified atom stereocenters. The van der Waals surface area contributed by atoms with Crippen LogP contribution in [0.3, 0.4) is 0 Å². The molecule has 0 fully saturated rings. The zero-order valence-corrected chi connectivity index (χ0v) is 13.1. The van der Waals surface area contributed by atoms with Crippen LogP contribution in [0, 0.1) is 5.82 Å². The van der Waals surface area contributed by atoms with Gasteiger partial charge in [0.25, 0.3) is 0 Å². The summed E-state index contributed by atoms with van der Waals surface area (Å²) in [6.07, 6.45) is 2.11. The van der Waals surface area contributed by atoms with Crippen molar-refractivity contribution >= 4 is 27.7 Å². The van der Waals surface area contributed by atoms with Gasteiger partial charge >= 0.3 is 0 Å². The van der Waals surface area contributed by atoms with Crippen LogP contribution < -0.4 is 5.32 Å². The lowest BCUT2D eigenvalue weighted by molar-refractivity contribution is 0.520. The van der Waals surface area contributed by atoms with Gasteiger partial charge in [0.15, 0.2) is 0 Å². The fourth-order valence-electron chi connectivity index (χ4n) is 1.43. The van der Waals surface area contributed by atoms with E-state index in [4.69, 9.17) is 0 Å². The van der Waals surface area contributed by atoms with Gasteiger partial charge in [0.2, 0.25) is 0 Å². The van der Waals surface area contributed by atoms with Crippen LogP contribution in [0.4, 0.5) is 4.39 Å². The largest absolute Gasteiger partial charge is 0.309 e. The molecule has 1 atom stereocenters. The lowest BCUT2D eigenvalue weighted by Crippen LogP contribution is -2.33. The van der Waals surface area contributed by atoms with E-state index < -0.39 is 0 Å². The molecule has 0 saturated carbocycles. The molecular formula is C13H19BrFNS. The highest BCUT2D eigenvalue weighted by Gasteiger charge is 2.18. The number of halogens is 2. The number of benzene rings is 1. The van der Waals surface area contributed by atoms with Gasteiger partial charge in [-0.15, -0.1) is 0 Å². The molecule has 1 N–H and O–H groups in total. The van der Waals surface area contributed by atoms with E-state index in [0.717, 1.165) is 16.6 Å². The Morgan fingerprint density at radius 2 is 2.12 bits per heavy atom. The summed E-state index contributed by atoms with van der Waals surface area (Å²) in [7, 11) is 0. The molecule has 1 aromatic rings. The van der Waals surface area contributed by atoms with Crippen LogP contribution in [-0.2, 0) is 0 Å². The third-order valence-corrected chi connectivity index (χ3v) is 4.75. The van der Waals surface area contributed by atoms with Gasteiger partial charge in [-0.25, -0.2) is 4.39 Å². The van der Waals surface area contributed by atoms with E-state index in [1.807, 2.05) is 17.8 Å². The average Bonchev–Trinajstić information content (AvgIpc) is 2.26. The number of rotatable bonds is 5. The molecule has 0 aliphatic rings. The molecule has 1 aromatic carbocycles. The predicted octanol–water partition coefficient (Wildman–Crippen LogP) is 4.38. The Bertz CT molecular complexity index is 382. The van der Waals surface area contributed by atoms with Crippen molar-refractivity contribution in [1.29, 1.82) is 0 Å². The van der Waals surface area contributed by atoms with Gasteiger partial charge in [-0.1, -0.05) is 22.0 Å². The molecule has 1 nitrogen and oxygen atoms in total. The number of hydrogen-bond donors (Lipinski definition) is 1. The van der Waals surface area contributed by atoms with Crippen molar-refractivity contribution in [3.63, 3.8) is 0 Å². The maximum atomic E-state index is 13.0. The lowest BCUT2D eigenvalue weighted by atomic mass is 10.1. The molecule has 4 heteroatoms. The van der Waals surface area contributed by atoms with Gasteiger partial charge in [0, 0.05) is 21.8 Å². The number of hydrogen-bond acceptors (Lipinski definition) is 2. The van der Waals surface area contributed by atoms with Gasteiger partial charge in [0.1, 0.15) is 5.82 Å². The second-order valence-electron chi connectivity index (χ2n) is 4.73. The molecule has 1 rings (SSSR count). The Labute approximate surface area is 116 Å². The van der Waals surface area contributed by atoms with Crippen molar-refractivity contribution in [3.8, 4) is 0 Å². The summed E-state index contributed by atoms with van der Waals surface area (Å²) in [5, 5.41) is 3.48. The maximum absolute atomic E-state index is 13.0. The third kappa shape index (κ3) is 4.60. The summed E-state index contributed by atoms with van der Waals surface area (Å²) in [4.78, 5) is 0. The summed E-state index contributed by atoms with van der Waals surface area (Å²) in [6.45, 7) is 7.42. The minimum atomic E-state index is -0.211. The van der Waals surface area contributed by atoms with Gasteiger partial charge in [-0.2, -0.15) is 11.8 Å². The molecule has 0 bridgehead atoms. The summed E-state index contributed by atoms with van der Waals surface area (Å²) < 4.78 is 14.0. The lowest BCUT2D eigenvalue weighted by Gasteiger charge is -2.25. The van der Waals surface area contributed by atoms with E-state index in [1.54, 1.807) is 0 Å². The first-order chi connectivity index (χ1) is 7.85. The minimum absolute atomic E-state index is 0.205. The molecule has 0 spiro atoms. The standard InChI is InChI=1S/C13H19BrFNS/c1-9(16-8-13(2,3)17-4)11-6-5-10(15)7-12(11)14/h5-7,9,16H,8H2,1-4H3. The monoisotopic (exact) mass is 319 g/mol. The Balaban J connectivity index is 2.67. The molecule has 96 valence electrons. The summed E-state index contributed by atoms with van der Waals surface area (Å²) in [6, 6.07) is 5.03. The molecule has 17 heavy (non-hydrogen) atoms. The van der Waals surface area contributed by atoms with Crippen molar-refractivity contribution in [2.45, 2.75) is 31.6 Å². The molecular weight excluding hydrogens is 301 g/mol. The highest BCUT2D eigenvalue weighted by molar-refractivity contribution is 9.10. The first-order valence-electron chi connectivity index (χ1n) is 5.59. The zero-order chi connectivity index (χ0) is 13.1. The van der Waals surface area contributed by atoms with Gasteiger partial charge < -0.3 is 5.32 Å². The fourth-order valence-corrected chi connectivity index (χ4v) is 2.36. The summed E-state index contributed by atoms with van der Waals surface area (Å²) in [5.41, 5.74) is 1.09. The quantitative estimate of drug-likeness (QED) is 0.864. The van der Waals surface area contributed by atoms with E-state index >= 15 is 0 Å². The normalized spacial score (nSPS) is 13.8. The molecule has 0 heterocycles. The van der Waals surface area contributed by atoms with Crippen LogP contribution >= 0.6 is 27.7 Å². The van der Waals surface area contributed by atoms with Crippen LogP contribution in [0.1, 0.15) is 32.4 Å². The van der Waals surface area contributed by atoms with Crippen LogP contribution in [0.5, 0.6) is 0 Å². The van der Waals surface area contributed by atoms with E-state index in [0.29, 0.717) is 0 Å². The van der Waals surface area contributed by atoms with Gasteiger partial charge in [-0.3, -0.25) is 0 Å². The van der Waals surface area contributed by atoms with Crippen molar-refractivity contribution in [2.75, 3.05) is 12.8 Å². The Morgan fingerprint density at radius 1 is 1.47 bits per heavy atom.